The molecule has 1 saturated heterocycles. The Morgan fingerprint density at radius 1 is 1.41 bits per heavy atom. The van der Waals surface area contributed by atoms with E-state index in [0.29, 0.717) is 6.04 Å². The Labute approximate surface area is 103 Å². The van der Waals surface area contributed by atoms with Crippen LogP contribution in [0.25, 0.3) is 0 Å². The van der Waals surface area contributed by atoms with Crippen LogP contribution in [0.5, 0.6) is 0 Å². The Morgan fingerprint density at radius 2 is 2.12 bits per heavy atom. The number of carbonyl (C=O) groups is 2. The van der Waals surface area contributed by atoms with E-state index in [9.17, 15) is 9.59 Å². The van der Waals surface area contributed by atoms with Gasteiger partial charge in [0.2, 0.25) is 5.91 Å². The number of hydrogen-bond donors (Lipinski definition) is 0. The van der Waals surface area contributed by atoms with E-state index in [2.05, 4.69) is 11.7 Å². The lowest BCUT2D eigenvalue weighted by Gasteiger charge is -2.36. The number of rotatable bonds is 3. The molecule has 1 rings (SSSR count). The summed E-state index contributed by atoms with van der Waals surface area (Å²) in [5.41, 5.74) is 0. The topological polar surface area (TPSA) is 49.9 Å². The fourth-order valence-electron chi connectivity index (χ4n) is 2.27. The minimum atomic E-state index is -0.469. The van der Waals surface area contributed by atoms with Crippen LogP contribution in [0.3, 0.4) is 0 Å². The van der Waals surface area contributed by atoms with Crippen LogP contribution in [0.2, 0.25) is 0 Å². The summed E-state index contributed by atoms with van der Waals surface area (Å²) in [5.74, 6) is 0.0180. The zero-order chi connectivity index (χ0) is 12.8. The summed E-state index contributed by atoms with van der Waals surface area (Å²) in [6, 6.07) is 0.335. The first-order chi connectivity index (χ1) is 8.10. The molecule has 5 nitrogen and oxygen atoms in total. The fourth-order valence-corrected chi connectivity index (χ4v) is 2.27. The molecular weight excluding hydrogens is 220 g/mol. The maximum absolute atomic E-state index is 12.1. The first-order valence-corrected chi connectivity index (χ1v) is 6.18. The van der Waals surface area contributed by atoms with Crippen molar-refractivity contribution in [2.24, 2.45) is 0 Å². The zero-order valence-electron chi connectivity index (χ0n) is 10.9. The van der Waals surface area contributed by atoms with Crippen molar-refractivity contribution in [1.82, 2.24) is 9.80 Å². The molecular formula is C12H22N2O3. The molecule has 98 valence electrons. The van der Waals surface area contributed by atoms with Crippen LogP contribution in [0.1, 0.15) is 32.6 Å². The standard InChI is InChI=1S/C12H22N2O3/c1-4-10-7-5-6-8-14(10)11(15)9-13(2)12(16)17-3/h10H,4-9H2,1-3H3/t10-/m0/s1. The van der Waals surface area contributed by atoms with Gasteiger partial charge >= 0.3 is 6.09 Å². The number of ether oxygens (including phenoxy) is 1. The number of hydrogen-bond acceptors (Lipinski definition) is 3. The molecule has 0 radical (unpaired) electrons. The second-order valence-corrected chi connectivity index (χ2v) is 4.47. The maximum Gasteiger partial charge on any atom is 0.409 e. The zero-order valence-corrected chi connectivity index (χ0v) is 10.9. The molecule has 0 spiro atoms. The van der Waals surface area contributed by atoms with Crippen molar-refractivity contribution >= 4 is 12.0 Å². The van der Waals surface area contributed by atoms with E-state index < -0.39 is 6.09 Å². The highest BCUT2D eigenvalue weighted by molar-refractivity contribution is 5.82. The molecule has 1 fully saturated rings. The van der Waals surface area contributed by atoms with E-state index in [-0.39, 0.29) is 12.5 Å². The second-order valence-electron chi connectivity index (χ2n) is 4.47. The minimum Gasteiger partial charge on any atom is -0.453 e. The van der Waals surface area contributed by atoms with Crippen molar-refractivity contribution in [3.05, 3.63) is 0 Å². The largest absolute Gasteiger partial charge is 0.453 e. The monoisotopic (exact) mass is 242 g/mol. The number of likely N-dealkylation sites (tertiary alicyclic amines) is 1. The van der Waals surface area contributed by atoms with Crippen LogP contribution in [-0.4, -0.2) is 55.1 Å². The van der Waals surface area contributed by atoms with Crippen LogP contribution >= 0.6 is 0 Å². The van der Waals surface area contributed by atoms with Crippen LogP contribution in [0.15, 0.2) is 0 Å². The lowest BCUT2D eigenvalue weighted by atomic mass is 10.00. The molecule has 17 heavy (non-hydrogen) atoms. The molecule has 0 N–H and O–H groups in total. The highest BCUT2D eigenvalue weighted by atomic mass is 16.5. The average Bonchev–Trinajstić information content (AvgIpc) is 2.37. The van der Waals surface area contributed by atoms with E-state index in [1.807, 2.05) is 4.90 Å². The summed E-state index contributed by atoms with van der Waals surface area (Å²) in [5, 5.41) is 0. The third-order valence-electron chi connectivity index (χ3n) is 3.28. The van der Waals surface area contributed by atoms with Gasteiger partial charge in [0, 0.05) is 19.6 Å². The van der Waals surface area contributed by atoms with Gasteiger partial charge in [0.25, 0.3) is 0 Å². The normalized spacial score (nSPS) is 19.9. The lowest BCUT2D eigenvalue weighted by Crippen LogP contribution is -2.48. The van der Waals surface area contributed by atoms with Gasteiger partial charge in [-0.15, -0.1) is 0 Å². The number of likely N-dealkylation sites (N-methyl/N-ethyl adjacent to an activating group) is 1. The molecule has 0 aromatic heterocycles. The number of piperidine rings is 1. The summed E-state index contributed by atoms with van der Waals surface area (Å²) in [6.07, 6.45) is 3.83. The number of carbonyl (C=O) groups excluding carboxylic acids is 2. The number of amides is 2. The van der Waals surface area contributed by atoms with E-state index in [1.54, 1.807) is 7.05 Å². The Morgan fingerprint density at radius 3 is 2.71 bits per heavy atom. The molecule has 5 heteroatoms. The van der Waals surface area contributed by atoms with E-state index in [4.69, 9.17) is 0 Å². The Balaban J connectivity index is 2.53. The predicted octanol–water partition coefficient (Wildman–Crippen LogP) is 1.48. The van der Waals surface area contributed by atoms with Crippen molar-refractivity contribution in [1.29, 1.82) is 0 Å². The van der Waals surface area contributed by atoms with Crippen LogP contribution < -0.4 is 0 Å². The van der Waals surface area contributed by atoms with Crippen LogP contribution in [0.4, 0.5) is 4.79 Å². The molecule has 2 amide bonds. The number of methoxy groups -OCH3 is 1. The third-order valence-corrected chi connectivity index (χ3v) is 3.28. The van der Waals surface area contributed by atoms with Crippen molar-refractivity contribution in [2.75, 3.05) is 27.2 Å². The molecule has 0 aromatic carbocycles. The quantitative estimate of drug-likeness (QED) is 0.753. The molecule has 0 aliphatic carbocycles. The summed E-state index contributed by atoms with van der Waals surface area (Å²) in [6.45, 7) is 3.01. The predicted molar refractivity (Wildman–Crippen MR) is 64.7 cm³/mol. The Bertz CT molecular complexity index is 281. The third kappa shape index (κ3) is 3.61. The Kier molecular flexibility index (Phi) is 5.25. The molecule has 1 atom stereocenters. The van der Waals surface area contributed by atoms with Gasteiger partial charge in [0.05, 0.1) is 7.11 Å². The molecule has 0 saturated carbocycles. The first-order valence-electron chi connectivity index (χ1n) is 6.18. The SMILES string of the molecule is CC[C@H]1CCCCN1C(=O)CN(C)C(=O)OC. The first kappa shape index (κ1) is 13.8. The molecule has 0 aromatic rings. The van der Waals surface area contributed by atoms with Gasteiger partial charge in [-0.2, -0.15) is 0 Å². The van der Waals surface area contributed by atoms with E-state index in [0.717, 1.165) is 25.8 Å². The molecule has 1 aliphatic heterocycles. The highest BCUT2D eigenvalue weighted by Crippen LogP contribution is 2.19. The van der Waals surface area contributed by atoms with Gasteiger partial charge in [-0.3, -0.25) is 4.79 Å². The van der Waals surface area contributed by atoms with Crippen molar-refractivity contribution in [3.63, 3.8) is 0 Å². The highest BCUT2D eigenvalue weighted by Gasteiger charge is 2.26. The average molecular weight is 242 g/mol. The van der Waals surface area contributed by atoms with Gasteiger partial charge in [0.15, 0.2) is 0 Å². The van der Waals surface area contributed by atoms with Crippen LogP contribution in [0, 0.1) is 0 Å². The summed E-state index contributed by atoms with van der Waals surface area (Å²) >= 11 is 0. The molecule has 1 heterocycles. The smallest absolute Gasteiger partial charge is 0.409 e. The maximum atomic E-state index is 12.1. The van der Waals surface area contributed by atoms with Gasteiger partial charge in [-0.1, -0.05) is 6.92 Å². The summed E-state index contributed by atoms with van der Waals surface area (Å²) in [4.78, 5) is 26.5. The van der Waals surface area contributed by atoms with Gasteiger partial charge in [-0.25, -0.2) is 4.79 Å². The number of nitrogens with zero attached hydrogens (tertiary/aromatic N) is 2. The second kappa shape index (κ2) is 6.47. The lowest BCUT2D eigenvalue weighted by molar-refractivity contribution is -0.135. The van der Waals surface area contributed by atoms with Gasteiger partial charge < -0.3 is 14.5 Å². The van der Waals surface area contributed by atoms with Gasteiger partial charge in [0.1, 0.15) is 6.54 Å². The summed E-state index contributed by atoms with van der Waals surface area (Å²) < 4.78 is 4.57. The van der Waals surface area contributed by atoms with Crippen LogP contribution in [-0.2, 0) is 9.53 Å². The molecule has 1 aliphatic rings. The minimum absolute atomic E-state index is 0.0180. The van der Waals surface area contributed by atoms with E-state index >= 15 is 0 Å². The van der Waals surface area contributed by atoms with Crippen molar-refractivity contribution in [2.45, 2.75) is 38.6 Å². The van der Waals surface area contributed by atoms with Crippen molar-refractivity contribution < 1.29 is 14.3 Å². The Hall–Kier alpha value is -1.26. The van der Waals surface area contributed by atoms with Crippen molar-refractivity contribution in [3.8, 4) is 0 Å². The molecule has 0 unspecified atom stereocenters. The summed E-state index contributed by atoms with van der Waals surface area (Å²) in [7, 11) is 2.90. The fraction of sp³-hybridized carbons (Fsp3) is 0.833. The van der Waals surface area contributed by atoms with Gasteiger partial charge in [-0.05, 0) is 25.7 Å². The molecule has 0 bridgehead atoms. The van der Waals surface area contributed by atoms with E-state index in [1.165, 1.54) is 18.4 Å².